The maximum Gasteiger partial charge on any atom is 0.374 e. The van der Waals surface area contributed by atoms with Crippen molar-refractivity contribution in [2.75, 3.05) is 19.1 Å². The van der Waals surface area contributed by atoms with Gasteiger partial charge in [-0.15, -0.1) is 0 Å². The summed E-state index contributed by atoms with van der Waals surface area (Å²) in [5, 5.41) is 6.38. The molecule has 0 atom stereocenters. The summed E-state index contributed by atoms with van der Waals surface area (Å²) in [4.78, 5) is 0. The Balaban J connectivity index is 1.67. The molecule has 2 N–H and O–H groups in total. The number of hydrogen-bond acceptors (Lipinski definition) is 2. The summed E-state index contributed by atoms with van der Waals surface area (Å²) in [5.74, 6) is 0. The maximum atomic E-state index is 14.6. The van der Waals surface area contributed by atoms with Crippen LogP contribution >= 0.6 is 15.2 Å². The van der Waals surface area contributed by atoms with Crippen molar-refractivity contribution in [3.63, 3.8) is 0 Å². The van der Waals surface area contributed by atoms with E-state index in [0.29, 0.717) is 22.7 Å². The lowest BCUT2D eigenvalue weighted by molar-refractivity contribution is 0.557. The molecule has 1 fully saturated rings. The first-order valence-electron chi connectivity index (χ1n) is 10.2. The first kappa shape index (κ1) is 20.4. The van der Waals surface area contributed by atoms with E-state index in [-0.39, 0.29) is 0 Å². The molecule has 32 heavy (non-hydrogen) atoms. The van der Waals surface area contributed by atoms with Gasteiger partial charge in [-0.3, -0.25) is 0 Å². The van der Waals surface area contributed by atoms with Gasteiger partial charge in [0.25, 0.3) is 0 Å². The third-order valence-corrected chi connectivity index (χ3v) is 12.1. The summed E-state index contributed by atoms with van der Waals surface area (Å²) < 4.78 is 32.3. The summed E-state index contributed by atoms with van der Waals surface area (Å²) in [6.45, 7) is 0. The highest BCUT2D eigenvalue weighted by Gasteiger charge is 2.66. The predicted octanol–water partition coefficient (Wildman–Crippen LogP) is 7.45. The van der Waals surface area contributed by atoms with Crippen LogP contribution in [0.1, 0.15) is 0 Å². The molecule has 0 amide bonds. The van der Waals surface area contributed by atoms with Crippen molar-refractivity contribution in [3.8, 4) is 0 Å². The van der Waals surface area contributed by atoms with Crippen LogP contribution in [0.5, 0.6) is 0 Å². The Morgan fingerprint density at radius 1 is 0.438 bits per heavy atom. The SMILES string of the molecule is O=P1(Nc2ccccc2)N(c2ccccc2)P(=O)(Nc2ccccc2)N1c1ccccc1. The Kier molecular flexibility index (Phi) is 5.26. The smallest absolute Gasteiger partial charge is 0.303 e. The first-order valence-corrected chi connectivity index (χ1v) is 13.4. The number of anilines is 4. The molecule has 1 heterocycles. The normalized spacial score (nSPS) is 22.1. The van der Waals surface area contributed by atoms with E-state index in [2.05, 4.69) is 10.2 Å². The molecule has 6 nitrogen and oxygen atoms in total. The number of nitrogens with one attached hydrogen (secondary N) is 2. The van der Waals surface area contributed by atoms with Crippen LogP contribution < -0.4 is 19.1 Å². The van der Waals surface area contributed by atoms with Crippen LogP contribution in [0.25, 0.3) is 0 Å². The molecular weight excluding hydrogens is 438 g/mol. The minimum Gasteiger partial charge on any atom is -0.303 e. The van der Waals surface area contributed by atoms with Gasteiger partial charge in [0.2, 0.25) is 0 Å². The van der Waals surface area contributed by atoms with Crippen LogP contribution in [0.3, 0.4) is 0 Å². The molecule has 8 heteroatoms. The third kappa shape index (κ3) is 3.48. The van der Waals surface area contributed by atoms with E-state index in [1.807, 2.05) is 121 Å². The van der Waals surface area contributed by atoms with Crippen molar-refractivity contribution >= 4 is 37.9 Å². The summed E-state index contributed by atoms with van der Waals surface area (Å²) in [6, 6.07) is 37.1. The van der Waals surface area contributed by atoms with Crippen molar-refractivity contribution in [1.29, 1.82) is 0 Å². The van der Waals surface area contributed by atoms with Gasteiger partial charge in [0, 0.05) is 11.4 Å². The Hall–Kier alpha value is -3.46. The van der Waals surface area contributed by atoms with E-state index in [9.17, 15) is 9.13 Å². The standard InChI is InChI=1S/C24H22N4O2P2/c29-31(25-21-13-5-1-6-14-21)27(23-17-9-3-10-18-23)32(30,26-22-15-7-2-8-16-22)28(31)24-19-11-4-12-20-24/h1-20H,(H,25,29)(H,26,30). The number of hydrogen-bond donors (Lipinski definition) is 2. The van der Waals surface area contributed by atoms with Crippen LogP contribution in [0.15, 0.2) is 121 Å². The summed E-state index contributed by atoms with van der Waals surface area (Å²) >= 11 is 0. The zero-order valence-electron chi connectivity index (χ0n) is 17.2. The molecule has 4 aromatic rings. The van der Waals surface area contributed by atoms with E-state index >= 15 is 0 Å². The molecule has 0 saturated carbocycles. The quantitative estimate of drug-likeness (QED) is 0.291. The summed E-state index contributed by atoms with van der Waals surface area (Å²) in [7, 11) is -7.09. The van der Waals surface area contributed by atoms with Crippen molar-refractivity contribution in [3.05, 3.63) is 121 Å². The molecule has 5 rings (SSSR count). The van der Waals surface area contributed by atoms with Crippen molar-refractivity contribution < 1.29 is 9.13 Å². The zero-order valence-corrected chi connectivity index (χ0v) is 18.9. The molecule has 1 saturated heterocycles. The van der Waals surface area contributed by atoms with Gasteiger partial charge in [0.15, 0.2) is 0 Å². The van der Waals surface area contributed by atoms with Crippen LogP contribution in [-0.2, 0) is 9.13 Å². The van der Waals surface area contributed by atoms with E-state index in [4.69, 9.17) is 0 Å². The highest BCUT2D eigenvalue weighted by molar-refractivity contribution is 8.02. The minimum atomic E-state index is -3.55. The number of benzene rings is 4. The fourth-order valence-corrected chi connectivity index (χ4v) is 10.8. The van der Waals surface area contributed by atoms with Gasteiger partial charge in [-0.2, -0.15) is 0 Å². The van der Waals surface area contributed by atoms with Crippen LogP contribution in [0.2, 0.25) is 0 Å². The second kappa shape index (κ2) is 8.23. The number of rotatable bonds is 6. The summed E-state index contributed by atoms with van der Waals surface area (Å²) in [6.07, 6.45) is 0. The molecule has 1 aliphatic rings. The summed E-state index contributed by atoms with van der Waals surface area (Å²) in [5.41, 5.74) is 2.59. The first-order chi connectivity index (χ1) is 15.6. The van der Waals surface area contributed by atoms with Crippen LogP contribution in [0.4, 0.5) is 22.7 Å². The van der Waals surface area contributed by atoms with Gasteiger partial charge in [-0.1, -0.05) is 72.8 Å². The average Bonchev–Trinajstić information content (AvgIpc) is 2.81. The lowest BCUT2D eigenvalue weighted by Crippen LogP contribution is -2.48. The van der Waals surface area contributed by atoms with Crippen LogP contribution in [0, 0.1) is 0 Å². The van der Waals surface area contributed by atoms with Crippen molar-refractivity contribution in [1.82, 2.24) is 0 Å². The lowest BCUT2D eigenvalue weighted by Gasteiger charge is -2.56. The molecule has 4 aromatic carbocycles. The third-order valence-electron chi connectivity index (χ3n) is 5.10. The molecule has 0 spiro atoms. The van der Waals surface area contributed by atoms with Crippen LogP contribution in [-0.4, -0.2) is 0 Å². The van der Waals surface area contributed by atoms with Gasteiger partial charge in [0.1, 0.15) is 0 Å². The monoisotopic (exact) mass is 460 g/mol. The second-order valence-electron chi connectivity index (χ2n) is 7.29. The van der Waals surface area contributed by atoms with E-state index in [0.717, 1.165) is 0 Å². The zero-order chi connectivity index (χ0) is 22.0. The predicted molar refractivity (Wildman–Crippen MR) is 133 cm³/mol. The molecule has 0 aliphatic carbocycles. The molecule has 0 radical (unpaired) electrons. The largest absolute Gasteiger partial charge is 0.374 e. The molecular formula is C24H22N4O2P2. The van der Waals surface area contributed by atoms with E-state index in [1.165, 1.54) is 8.88 Å². The van der Waals surface area contributed by atoms with Gasteiger partial charge in [0.05, 0.1) is 11.4 Å². The fraction of sp³-hybridized carbons (Fsp3) is 0. The Morgan fingerprint density at radius 2 is 0.719 bits per heavy atom. The molecule has 0 aromatic heterocycles. The number of nitrogens with zero attached hydrogens (tertiary/aromatic N) is 2. The van der Waals surface area contributed by atoms with Gasteiger partial charge in [-0.25, -0.2) is 18.0 Å². The lowest BCUT2D eigenvalue weighted by atomic mass is 10.3. The Bertz CT molecular complexity index is 1170. The molecule has 0 unspecified atom stereocenters. The van der Waals surface area contributed by atoms with E-state index < -0.39 is 15.2 Å². The molecule has 1 aliphatic heterocycles. The highest BCUT2D eigenvalue weighted by Crippen LogP contribution is 2.85. The second-order valence-corrected chi connectivity index (χ2v) is 12.1. The van der Waals surface area contributed by atoms with Crippen molar-refractivity contribution in [2.45, 2.75) is 0 Å². The highest BCUT2D eigenvalue weighted by atomic mass is 31.3. The molecule has 160 valence electrons. The van der Waals surface area contributed by atoms with Gasteiger partial charge >= 0.3 is 15.2 Å². The topological polar surface area (TPSA) is 64.7 Å². The van der Waals surface area contributed by atoms with Crippen molar-refractivity contribution in [2.24, 2.45) is 0 Å². The van der Waals surface area contributed by atoms with Gasteiger partial charge < -0.3 is 10.2 Å². The van der Waals surface area contributed by atoms with E-state index in [1.54, 1.807) is 0 Å². The maximum absolute atomic E-state index is 14.6. The molecule has 0 bridgehead atoms. The fourth-order valence-electron chi connectivity index (χ4n) is 3.76. The minimum absolute atomic E-state index is 0.609. The Labute approximate surface area is 187 Å². The average molecular weight is 460 g/mol. The Morgan fingerprint density at radius 3 is 1.03 bits per heavy atom. The van der Waals surface area contributed by atoms with Gasteiger partial charge in [-0.05, 0) is 48.5 Å². The number of para-hydroxylation sites is 4.